The Kier molecular flexibility index (Phi) is 3.40. The normalized spacial score (nSPS) is 10.6. The lowest BCUT2D eigenvalue weighted by atomic mass is 10.1. The van der Waals surface area contributed by atoms with Gasteiger partial charge in [0.15, 0.2) is 0 Å². The summed E-state index contributed by atoms with van der Waals surface area (Å²) in [7, 11) is 0. The van der Waals surface area contributed by atoms with Crippen LogP contribution in [0.1, 0.15) is 17.3 Å². The van der Waals surface area contributed by atoms with Crippen LogP contribution >= 0.6 is 0 Å². The third-order valence-corrected chi connectivity index (χ3v) is 3.50. The Balaban J connectivity index is 2.19. The van der Waals surface area contributed by atoms with E-state index in [1.54, 1.807) is 17.7 Å². The summed E-state index contributed by atoms with van der Waals surface area (Å²) in [6.07, 6.45) is 1.80. The fourth-order valence-electron chi connectivity index (χ4n) is 2.38. The first kappa shape index (κ1) is 13.3. The van der Waals surface area contributed by atoms with Gasteiger partial charge in [-0.3, -0.25) is 9.36 Å². The molecule has 0 bridgehead atoms. The van der Waals surface area contributed by atoms with Gasteiger partial charge < -0.3 is 0 Å². The van der Waals surface area contributed by atoms with E-state index in [0.29, 0.717) is 5.82 Å². The molecule has 0 aliphatic heterocycles. The molecule has 0 radical (unpaired) electrons. The van der Waals surface area contributed by atoms with E-state index < -0.39 is 0 Å². The number of hydrogen-bond acceptors (Lipinski definition) is 2. The number of aryl methyl sites for hydroxylation is 1. The maximum Gasteiger partial charge on any atom is 0.229 e. The smallest absolute Gasteiger partial charge is 0.229 e. The second-order valence-electron chi connectivity index (χ2n) is 5.02. The van der Waals surface area contributed by atoms with Crippen molar-refractivity contribution in [2.45, 2.75) is 13.8 Å². The van der Waals surface area contributed by atoms with Crippen molar-refractivity contribution in [3.05, 3.63) is 66.4 Å². The molecule has 0 saturated carbocycles. The molecule has 0 saturated heterocycles. The fraction of sp³-hybridized carbons (Fsp3) is 0.111. The third kappa shape index (κ3) is 2.50. The van der Waals surface area contributed by atoms with Gasteiger partial charge in [-0.2, -0.15) is 0 Å². The number of nitrogens with zero attached hydrogens (tertiary/aromatic N) is 2. The largest absolute Gasteiger partial charge is 0.274 e. The van der Waals surface area contributed by atoms with E-state index in [1.165, 1.54) is 0 Å². The van der Waals surface area contributed by atoms with E-state index in [1.807, 2.05) is 61.5 Å². The SMILES string of the molecule is CC(=O)n1cc(-c2ccccc2)nc1-c1ccccc1C. The molecule has 0 N–H and O–H groups in total. The van der Waals surface area contributed by atoms with Gasteiger partial charge in [0.1, 0.15) is 5.82 Å². The Morgan fingerprint density at radius 1 is 1.00 bits per heavy atom. The van der Waals surface area contributed by atoms with E-state index >= 15 is 0 Å². The van der Waals surface area contributed by atoms with E-state index in [9.17, 15) is 4.79 Å². The Morgan fingerprint density at radius 3 is 2.33 bits per heavy atom. The van der Waals surface area contributed by atoms with Crippen LogP contribution in [0.5, 0.6) is 0 Å². The predicted octanol–water partition coefficient (Wildman–Crippen LogP) is 4.19. The Labute approximate surface area is 123 Å². The standard InChI is InChI=1S/C18H16N2O/c1-13-8-6-7-11-16(13)18-19-17(12-20(18)14(2)21)15-9-4-3-5-10-15/h3-12H,1-2H3. The number of aromatic nitrogens is 2. The summed E-state index contributed by atoms with van der Waals surface area (Å²) < 4.78 is 1.62. The second-order valence-corrected chi connectivity index (χ2v) is 5.02. The number of hydrogen-bond donors (Lipinski definition) is 0. The zero-order valence-electron chi connectivity index (χ0n) is 12.1. The minimum atomic E-state index is -0.0389. The first-order valence-electron chi connectivity index (χ1n) is 6.88. The van der Waals surface area contributed by atoms with E-state index in [-0.39, 0.29) is 5.91 Å². The van der Waals surface area contributed by atoms with Crippen molar-refractivity contribution in [2.24, 2.45) is 0 Å². The number of rotatable bonds is 2. The average molecular weight is 276 g/mol. The van der Waals surface area contributed by atoms with Gasteiger partial charge >= 0.3 is 0 Å². The molecule has 21 heavy (non-hydrogen) atoms. The summed E-state index contributed by atoms with van der Waals surface area (Å²) in [6, 6.07) is 17.9. The first-order valence-corrected chi connectivity index (χ1v) is 6.88. The van der Waals surface area contributed by atoms with Crippen molar-refractivity contribution in [3.63, 3.8) is 0 Å². The average Bonchev–Trinajstić information content (AvgIpc) is 2.94. The summed E-state index contributed by atoms with van der Waals surface area (Å²) in [5, 5.41) is 0. The molecule has 3 nitrogen and oxygen atoms in total. The molecule has 0 fully saturated rings. The van der Waals surface area contributed by atoms with Crippen LogP contribution in [0.15, 0.2) is 60.8 Å². The Hall–Kier alpha value is -2.68. The number of imidazole rings is 1. The van der Waals surface area contributed by atoms with Crippen LogP contribution in [0.4, 0.5) is 0 Å². The van der Waals surface area contributed by atoms with Gasteiger partial charge in [-0.15, -0.1) is 0 Å². The minimum Gasteiger partial charge on any atom is -0.274 e. The van der Waals surface area contributed by atoms with Gasteiger partial charge in [0.2, 0.25) is 5.91 Å². The lowest BCUT2D eigenvalue weighted by molar-refractivity contribution is 0.0938. The van der Waals surface area contributed by atoms with Crippen molar-refractivity contribution in [2.75, 3.05) is 0 Å². The summed E-state index contributed by atoms with van der Waals surface area (Å²) in [5.74, 6) is 0.655. The zero-order valence-corrected chi connectivity index (χ0v) is 12.1. The Morgan fingerprint density at radius 2 is 1.67 bits per heavy atom. The molecule has 3 rings (SSSR count). The van der Waals surface area contributed by atoms with Crippen molar-refractivity contribution in [1.29, 1.82) is 0 Å². The van der Waals surface area contributed by atoms with Crippen molar-refractivity contribution < 1.29 is 4.79 Å². The Bertz CT molecular complexity index is 788. The fourth-order valence-corrected chi connectivity index (χ4v) is 2.38. The highest BCUT2D eigenvalue weighted by Crippen LogP contribution is 2.26. The van der Waals surface area contributed by atoms with E-state index in [0.717, 1.165) is 22.4 Å². The first-order chi connectivity index (χ1) is 10.2. The molecule has 0 unspecified atom stereocenters. The van der Waals surface area contributed by atoms with Crippen molar-refractivity contribution in [3.8, 4) is 22.6 Å². The highest BCUT2D eigenvalue weighted by Gasteiger charge is 2.15. The molecule has 0 aliphatic carbocycles. The monoisotopic (exact) mass is 276 g/mol. The third-order valence-electron chi connectivity index (χ3n) is 3.50. The van der Waals surface area contributed by atoms with Gasteiger partial charge in [-0.1, -0.05) is 54.6 Å². The maximum atomic E-state index is 11.9. The molecule has 1 heterocycles. The van der Waals surface area contributed by atoms with Crippen LogP contribution in [0.3, 0.4) is 0 Å². The van der Waals surface area contributed by atoms with E-state index in [4.69, 9.17) is 0 Å². The number of carbonyl (C=O) groups is 1. The van der Waals surface area contributed by atoms with Crippen LogP contribution in [-0.2, 0) is 0 Å². The van der Waals surface area contributed by atoms with Crippen molar-refractivity contribution in [1.82, 2.24) is 9.55 Å². The molecule has 1 aromatic heterocycles. The molecular formula is C18H16N2O. The summed E-state index contributed by atoms with van der Waals surface area (Å²) >= 11 is 0. The highest BCUT2D eigenvalue weighted by atomic mass is 16.1. The molecule has 104 valence electrons. The molecular weight excluding hydrogens is 260 g/mol. The summed E-state index contributed by atoms with van der Waals surface area (Å²) in [6.45, 7) is 3.58. The minimum absolute atomic E-state index is 0.0389. The maximum absolute atomic E-state index is 11.9. The van der Waals surface area contributed by atoms with Gasteiger partial charge in [-0.25, -0.2) is 4.98 Å². The highest BCUT2D eigenvalue weighted by molar-refractivity contribution is 5.83. The zero-order chi connectivity index (χ0) is 14.8. The van der Waals surface area contributed by atoms with Crippen LogP contribution in [0.25, 0.3) is 22.6 Å². The van der Waals surface area contributed by atoms with Gasteiger partial charge in [0.25, 0.3) is 0 Å². The lowest BCUT2D eigenvalue weighted by Crippen LogP contribution is -2.06. The number of benzene rings is 2. The van der Waals surface area contributed by atoms with Crippen LogP contribution < -0.4 is 0 Å². The van der Waals surface area contributed by atoms with Gasteiger partial charge in [0, 0.05) is 24.2 Å². The van der Waals surface area contributed by atoms with Gasteiger partial charge in [-0.05, 0) is 12.5 Å². The van der Waals surface area contributed by atoms with E-state index in [2.05, 4.69) is 4.98 Å². The molecule has 0 atom stereocenters. The topological polar surface area (TPSA) is 34.9 Å². The molecule has 2 aromatic carbocycles. The quantitative estimate of drug-likeness (QED) is 0.703. The van der Waals surface area contributed by atoms with Crippen LogP contribution in [0.2, 0.25) is 0 Å². The van der Waals surface area contributed by atoms with Crippen LogP contribution in [0, 0.1) is 6.92 Å². The summed E-state index contributed by atoms with van der Waals surface area (Å²) in [5.41, 5.74) is 3.90. The molecule has 0 spiro atoms. The molecule has 0 aliphatic rings. The molecule has 0 amide bonds. The predicted molar refractivity (Wildman–Crippen MR) is 84.1 cm³/mol. The molecule has 3 aromatic rings. The molecule has 3 heteroatoms. The van der Waals surface area contributed by atoms with Crippen molar-refractivity contribution >= 4 is 5.91 Å². The second kappa shape index (κ2) is 5.37. The lowest BCUT2D eigenvalue weighted by Gasteiger charge is -2.06. The van der Waals surface area contributed by atoms with Gasteiger partial charge in [0.05, 0.1) is 5.69 Å². The number of carbonyl (C=O) groups excluding carboxylic acids is 1. The van der Waals surface area contributed by atoms with Crippen LogP contribution in [-0.4, -0.2) is 15.5 Å². The summed E-state index contributed by atoms with van der Waals surface area (Å²) in [4.78, 5) is 16.6.